The van der Waals surface area contributed by atoms with E-state index in [0.717, 1.165) is 12.2 Å². The zero-order chi connectivity index (χ0) is 13.9. The topological polar surface area (TPSA) is 68.3 Å². The van der Waals surface area contributed by atoms with Crippen LogP contribution in [0.15, 0.2) is 48.5 Å². The highest BCUT2D eigenvalue weighted by atomic mass is 16.5. The molecule has 102 valence electrons. The van der Waals surface area contributed by atoms with Crippen molar-refractivity contribution < 1.29 is 9.47 Å². The van der Waals surface area contributed by atoms with Crippen LogP contribution in [0.1, 0.15) is 11.1 Å². The van der Waals surface area contributed by atoms with Crippen LogP contribution < -0.4 is 15.2 Å². The number of ether oxygens (including phenoxy) is 2. The van der Waals surface area contributed by atoms with E-state index in [0.29, 0.717) is 17.9 Å². The molecule has 0 aliphatic carbocycles. The van der Waals surface area contributed by atoms with Gasteiger partial charge >= 0.3 is 0 Å². The summed E-state index contributed by atoms with van der Waals surface area (Å²) in [4.78, 5) is 0. The molecule has 1 heterocycles. The van der Waals surface area contributed by atoms with Crippen molar-refractivity contribution in [2.75, 3.05) is 6.61 Å². The van der Waals surface area contributed by atoms with E-state index in [9.17, 15) is 0 Å². The number of benzene rings is 2. The van der Waals surface area contributed by atoms with Crippen LogP contribution in [-0.2, 0) is 6.42 Å². The molecule has 20 heavy (non-hydrogen) atoms. The van der Waals surface area contributed by atoms with E-state index in [1.165, 1.54) is 5.56 Å². The summed E-state index contributed by atoms with van der Waals surface area (Å²) in [7, 11) is 0. The third-order valence-corrected chi connectivity index (χ3v) is 3.29. The van der Waals surface area contributed by atoms with Gasteiger partial charge in [-0.25, -0.2) is 0 Å². The number of rotatable bonds is 4. The summed E-state index contributed by atoms with van der Waals surface area (Å²) in [5, 5.41) is 7.42. The first kappa shape index (κ1) is 12.5. The van der Waals surface area contributed by atoms with Gasteiger partial charge in [0.15, 0.2) is 0 Å². The van der Waals surface area contributed by atoms with E-state index in [1.807, 2.05) is 30.3 Å². The number of nitrogens with two attached hydrogens (primary N) is 1. The number of fused-ring (bicyclic) bond motifs is 1. The van der Waals surface area contributed by atoms with Crippen molar-refractivity contribution in [3.8, 4) is 11.5 Å². The summed E-state index contributed by atoms with van der Waals surface area (Å²) >= 11 is 0. The predicted molar refractivity (Wildman–Crippen MR) is 77.5 cm³/mol. The second-order valence-electron chi connectivity index (χ2n) is 4.80. The zero-order valence-electron chi connectivity index (χ0n) is 11.0. The lowest BCUT2D eigenvalue weighted by Crippen LogP contribution is -2.22. The maximum Gasteiger partial charge on any atom is 0.137 e. The Kier molecular flexibility index (Phi) is 3.29. The lowest BCUT2D eigenvalue weighted by molar-refractivity contribution is 0.148. The third kappa shape index (κ3) is 2.59. The average Bonchev–Trinajstić information content (AvgIpc) is 2.88. The molecule has 0 saturated carbocycles. The summed E-state index contributed by atoms with van der Waals surface area (Å²) in [6.45, 7) is 0.482. The lowest BCUT2D eigenvalue weighted by atomic mass is 10.1. The zero-order valence-corrected chi connectivity index (χ0v) is 11.0. The Labute approximate surface area is 117 Å². The van der Waals surface area contributed by atoms with Gasteiger partial charge < -0.3 is 15.2 Å². The highest BCUT2D eigenvalue weighted by Crippen LogP contribution is 2.28. The fourth-order valence-electron chi connectivity index (χ4n) is 2.29. The van der Waals surface area contributed by atoms with Crippen LogP contribution >= 0.6 is 0 Å². The molecule has 1 atom stereocenters. The molecule has 2 aromatic rings. The van der Waals surface area contributed by atoms with Gasteiger partial charge in [-0.15, -0.1) is 0 Å². The molecule has 0 radical (unpaired) electrons. The molecule has 3 N–H and O–H groups in total. The number of amidine groups is 1. The molecule has 2 aromatic carbocycles. The monoisotopic (exact) mass is 268 g/mol. The van der Waals surface area contributed by atoms with Crippen LogP contribution in [-0.4, -0.2) is 18.5 Å². The highest BCUT2D eigenvalue weighted by Gasteiger charge is 2.22. The first-order valence-corrected chi connectivity index (χ1v) is 6.54. The molecule has 0 amide bonds. The van der Waals surface area contributed by atoms with Crippen LogP contribution in [0.4, 0.5) is 0 Å². The van der Waals surface area contributed by atoms with Gasteiger partial charge in [-0.05, 0) is 23.8 Å². The summed E-state index contributed by atoms with van der Waals surface area (Å²) in [5.74, 6) is 1.69. The van der Waals surface area contributed by atoms with Gasteiger partial charge in [0, 0.05) is 12.0 Å². The standard InChI is InChI=1S/C16H16N2O2/c17-16(18)12-5-3-6-13(9-12)19-10-14-8-11-4-1-2-7-15(11)20-14/h1-7,9,14H,8,10H2,(H3,17,18). The van der Waals surface area contributed by atoms with Gasteiger partial charge in [-0.3, -0.25) is 5.41 Å². The van der Waals surface area contributed by atoms with Crippen molar-refractivity contribution in [2.45, 2.75) is 12.5 Å². The molecule has 3 rings (SSSR count). The molecule has 1 unspecified atom stereocenters. The summed E-state index contributed by atoms with van der Waals surface area (Å²) < 4.78 is 11.5. The largest absolute Gasteiger partial charge is 0.490 e. The summed E-state index contributed by atoms with van der Waals surface area (Å²) in [6, 6.07) is 15.3. The lowest BCUT2D eigenvalue weighted by Gasteiger charge is -2.13. The van der Waals surface area contributed by atoms with Crippen molar-refractivity contribution in [3.05, 3.63) is 59.7 Å². The van der Waals surface area contributed by atoms with E-state index in [-0.39, 0.29) is 11.9 Å². The molecule has 0 spiro atoms. The molecule has 1 aliphatic rings. The van der Waals surface area contributed by atoms with Gasteiger partial charge in [0.25, 0.3) is 0 Å². The Balaban J connectivity index is 1.61. The van der Waals surface area contributed by atoms with Gasteiger partial charge in [0.05, 0.1) is 0 Å². The minimum atomic E-state index is 0.0355. The van der Waals surface area contributed by atoms with E-state index < -0.39 is 0 Å². The Hall–Kier alpha value is -2.49. The predicted octanol–water partition coefficient (Wildman–Crippen LogP) is 2.35. The Morgan fingerprint density at radius 1 is 1.25 bits per heavy atom. The number of hydrogen-bond donors (Lipinski definition) is 2. The quantitative estimate of drug-likeness (QED) is 0.660. The van der Waals surface area contributed by atoms with Crippen LogP contribution in [0.5, 0.6) is 11.5 Å². The van der Waals surface area contributed by atoms with Crippen molar-refractivity contribution in [3.63, 3.8) is 0 Å². The second kappa shape index (κ2) is 5.25. The molecule has 1 aliphatic heterocycles. The molecule has 0 fully saturated rings. The molecule has 4 heteroatoms. The number of hydrogen-bond acceptors (Lipinski definition) is 3. The maximum atomic E-state index is 7.42. The fourth-order valence-corrected chi connectivity index (χ4v) is 2.29. The van der Waals surface area contributed by atoms with E-state index in [1.54, 1.807) is 12.1 Å². The third-order valence-electron chi connectivity index (χ3n) is 3.29. The number of nitrogen functional groups attached to an aromatic ring is 1. The molecule has 0 saturated heterocycles. The van der Waals surface area contributed by atoms with Crippen LogP contribution in [0, 0.1) is 5.41 Å². The summed E-state index contributed by atoms with van der Waals surface area (Å²) in [5.41, 5.74) is 7.35. The first-order valence-electron chi connectivity index (χ1n) is 6.54. The molecule has 4 nitrogen and oxygen atoms in total. The van der Waals surface area contributed by atoms with Crippen LogP contribution in [0.3, 0.4) is 0 Å². The van der Waals surface area contributed by atoms with E-state index >= 15 is 0 Å². The minimum Gasteiger partial charge on any atom is -0.490 e. The summed E-state index contributed by atoms with van der Waals surface area (Å²) in [6.07, 6.45) is 0.899. The van der Waals surface area contributed by atoms with Crippen LogP contribution in [0.2, 0.25) is 0 Å². The Morgan fingerprint density at radius 3 is 2.90 bits per heavy atom. The van der Waals surface area contributed by atoms with Gasteiger partial charge in [-0.1, -0.05) is 30.3 Å². The first-order chi connectivity index (χ1) is 9.72. The molecular formula is C16H16N2O2. The van der Waals surface area contributed by atoms with Gasteiger partial charge in [-0.2, -0.15) is 0 Å². The fraction of sp³-hybridized carbons (Fsp3) is 0.188. The van der Waals surface area contributed by atoms with Gasteiger partial charge in [0.2, 0.25) is 0 Å². The maximum absolute atomic E-state index is 7.42. The SMILES string of the molecule is N=C(N)c1cccc(OCC2Cc3ccccc3O2)c1. The van der Waals surface area contributed by atoms with Crippen LogP contribution in [0.25, 0.3) is 0 Å². The second-order valence-corrected chi connectivity index (χ2v) is 4.80. The number of nitrogens with one attached hydrogen (secondary N) is 1. The van der Waals surface area contributed by atoms with Crippen molar-refractivity contribution in [2.24, 2.45) is 5.73 Å². The Bertz CT molecular complexity index is 615. The Morgan fingerprint density at radius 2 is 2.10 bits per heavy atom. The highest BCUT2D eigenvalue weighted by molar-refractivity contribution is 5.95. The minimum absolute atomic E-state index is 0.0355. The molecule has 0 bridgehead atoms. The molecule has 0 aromatic heterocycles. The van der Waals surface area contributed by atoms with E-state index in [4.69, 9.17) is 20.6 Å². The normalized spacial score (nSPS) is 16.3. The van der Waals surface area contributed by atoms with Crippen molar-refractivity contribution in [1.29, 1.82) is 5.41 Å². The molecular weight excluding hydrogens is 252 g/mol. The number of para-hydroxylation sites is 1. The smallest absolute Gasteiger partial charge is 0.137 e. The van der Waals surface area contributed by atoms with Crippen molar-refractivity contribution >= 4 is 5.84 Å². The van der Waals surface area contributed by atoms with E-state index in [2.05, 4.69) is 6.07 Å². The average molecular weight is 268 g/mol. The van der Waals surface area contributed by atoms with Crippen molar-refractivity contribution in [1.82, 2.24) is 0 Å². The van der Waals surface area contributed by atoms with Gasteiger partial charge in [0.1, 0.15) is 30.0 Å².